The van der Waals surface area contributed by atoms with Gasteiger partial charge in [-0.3, -0.25) is 9.89 Å². The fraction of sp³-hybridized carbons (Fsp3) is 0.290. The van der Waals surface area contributed by atoms with Crippen LogP contribution < -0.4 is 5.32 Å². The number of ether oxygens (including phenoxy) is 1. The number of hydrogen-bond acceptors (Lipinski definition) is 5. The van der Waals surface area contributed by atoms with Crippen LogP contribution in [-0.4, -0.2) is 48.6 Å². The molecule has 3 heterocycles. The van der Waals surface area contributed by atoms with Crippen molar-refractivity contribution in [2.24, 2.45) is 4.99 Å². The first-order valence-corrected chi connectivity index (χ1v) is 12.9. The summed E-state index contributed by atoms with van der Waals surface area (Å²) < 4.78 is 5.65. The molecule has 5 nitrogen and oxygen atoms in total. The molecule has 1 unspecified atom stereocenters. The van der Waals surface area contributed by atoms with E-state index in [9.17, 15) is 0 Å². The minimum absolute atomic E-state index is 0.204. The molecule has 6 rings (SSSR count). The first kappa shape index (κ1) is 22.9. The third-order valence-electron chi connectivity index (χ3n) is 7.56. The zero-order valence-corrected chi connectivity index (χ0v) is 20.8. The van der Waals surface area contributed by atoms with Crippen molar-refractivity contribution in [3.05, 3.63) is 102 Å². The van der Waals surface area contributed by atoms with E-state index in [0.717, 1.165) is 73.8 Å². The molecule has 0 radical (unpaired) electrons. The molecule has 0 bridgehead atoms. The quantitative estimate of drug-likeness (QED) is 0.405. The molecule has 1 atom stereocenters. The molecule has 1 N–H and O–H groups in total. The molecule has 2 aliphatic heterocycles. The Morgan fingerprint density at radius 2 is 1.58 bits per heavy atom. The number of morpholine rings is 1. The monoisotopic (exact) mass is 476 g/mol. The molecule has 5 heteroatoms. The van der Waals surface area contributed by atoms with Crippen LogP contribution in [0.25, 0.3) is 22.2 Å². The average Bonchev–Trinajstić information content (AvgIpc) is 3.40. The van der Waals surface area contributed by atoms with Crippen LogP contribution in [-0.2, 0) is 16.8 Å². The third kappa shape index (κ3) is 4.19. The fourth-order valence-corrected chi connectivity index (χ4v) is 5.48. The first-order valence-electron chi connectivity index (χ1n) is 12.9. The predicted molar refractivity (Wildman–Crippen MR) is 146 cm³/mol. The average molecular weight is 477 g/mol. The van der Waals surface area contributed by atoms with Gasteiger partial charge in [-0.15, -0.1) is 0 Å². The number of amidine groups is 1. The van der Waals surface area contributed by atoms with Crippen LogP contribution in [0, 0.1) is 0 Å². The lowest BCUT2D eigenvalue weighted by atomic mass is 9.87. The number of aromatic nitrogens is 1. The summed E-state index contributed by atoms with van der Waals surface area (Å²) in [6.45, 7) is 7.15. The van der Waals surface area contributed by atoms with E-state index < -0.39 is 0 Å². The summed E-state index contributed by atoms with van der Waals surface area (Å²) in [5.41, 5.74) is 6.65. The summed E-state index contributed by atoms with van der Waals surface area (Å²) in [4.78, 5) is 12.9. The van der Waals surface area contributed by atoms with Crippen molar-refractivity contribution in [2.45, 2.75) is 25.4 Å². The lowest BCUT2D eigenvalue weighted by Crippen LogP contribution is -2.43. The zero-order valence-electron chi connectivity index (χ0n) is 20.8. The Morgan fingerprint density at radius 1 is 0.889 bits per heavy atom. The molecule has 1 saturated heterocycles. The summed E-state index contributed by atoms with van der Waals surface area (Å²) in [6.07, 6.45) is 0.956. The molecular weight excluding hydrogens is 444 g/mol. The first-order chi connectivity index (χ1) is 17.8. The maximum atomic E-state index is 5.65. The van der Waals surface area contributed by atoms with Gasteiger partial charge in [0.15, 0.2) is 0 Å². The van der Waals surface area contributed by atoms with Gasteiger partial charge in [0.25, 0.3) is 0 Å². The number of para-hydroxylation sites is 1. The van der Waals surface area contributed by atoms with Gasteiger partial charge < -0.3 is 10.1 Å². The molecule has 36 heavy (non-hydrogen) atoms. The van der Waals surface area contributed by atoms with E-state index in [2.05, 4.69) is 102 Å². The van der Waals surface area contributed by atoms with Gasteiger partial charge in [-0.05, 0) is 18.1 Å². The number of rotatable bonds is 6. The normalized spacial score (nSPS) is 20.3. The van der Waals surface area contributed by atoms with Gasteiger partial charge in [0.2, 0.25) is 0 Å². The minimum atomic E-state index is -0.204. The van der Waals surface area contributed by atoms with Crippen LogP contribution in [0.3, 0.4) is 0 Å². The molecule has 2 aliphatic rings. The van der Waals surface area contributed by atoms with E-state index in [1.165, 1.54) is 16.7 Å². The van der Waals surface area contributed by atoms with Gasteiger partial charge in [0, 0.05) is 41.7 Å². The van der Waals surface area contributed by atoms with E-state index >= 15 is 0 Å². The summed E-state index contributed by atoms with van der Waals surface area (Å²) in [5.74, 6) is 0.972. The topological polar surface area (TPSA) is 49.8 Å². The maximum absolute atomic E-state index is 5.65. The number of nitrogens with zero attached hydrogens (tertiary/aromatic N) is 3. The smallest absolute Gasteiger partial charge is 0.130 e. The van der Waals surface area contributed by atoms with Gasteiger partial charge in [-0.2, -0.15) is 0 Å². The highest BCUT2D eigenvalue weighted by Gasteiger charge is 2.37. The summed E-state index contributed by atoms with van der Waals surface area (Å²) in [5, 5.41) is 5.06. The second kappa shape index (κ2) is 9.84. The second-order valence-corrected chi connectivity index (χ2v) is 9.68. The van der Waals surface area contributed by atoms with Crippen LogP contribution >= 0.6 is 0 Å². The second-order valence-electron chi connectivity index (χ2n) is 9.68. The molecular formula is C31H32N4O. The van der Waals surface area contributed by atoms with E-state index in [0.29, 0.717) is 0 Å². The third-order valence-corrected chi connectivity index (χ3v) is 7.56. The van der Waals surface area contributed by atoms with Gasteiger partial charge in [-0.1, -0.05) is 85.8 Å². The van der Waals surface area contributed by atoms with Gasteiger partial charge in [0.1, 0.15) is 5.84 Å². The van der Waals surface area contributed by atoms with Crippen molar-refractivity contribution >= 4 is 16.7 Å². The molecule has 182 valence electrons. The molecule has 0 amide bonds. The Kier molecular flexibility index (Phi) is 6.26. The SMILES string of the molecule is CCC1(c2ccccc2)CN=C(c2c(CN3CCOCC3)c(-c3ccccc3)nc3ccccc23)N1. The van der Waals surface area contributed by atoms with Crippen molar-refractivity contribution in [2.75, 3.05) is 32.8 Å². The van der Waals surface area contributed by atoms with E-state index in [1.807, 2.05) is 0 Å². The van der Waals surface area contributed by atoms with Crippen molar-refractivity contribution < 1.29 is 4.74 Å². The Labute approximate surface area is 212 Å². The minimum Gasteiger partial charge on any atom is -0.379 e. The fourth-order valence-electron chi connectivity index (χ4n) is 5.48. The molecule has 0 spiro atoms. The van der Waals surface area contributed by atoms with Crippen molar-refractivity contribution in [3.63, 3.8) is 0 Å². The Morgan fingerprint density at radius 3 is 2.33 bits per heavy atom. The summed E-state index contributed by atoms with van der Waals surface area (Å²) >= 11 is 0. The number of hydrogen-bond donors (Lipinski definition) is 1. The molecule has 0 saturated carbocycles. The Hall–Kier alpha value is -3.54. The predicted octanol–water partition coefficient (Wildman–Crippen LogP) is 5.39. The van der Waals surface area contributed by atoms with Crippen LogP contribution in [0.2, 0.25) is 0 Å². The highest BCUT2D eigenvalue weighted by Crippen LogP contribution is 2.36. The van der Waals surface area contributed by atoms with Crippen molar-refractivity contribution in [1.82, 2.24) is 15.2 Å². The number of benzene rings is 3. The van der Waals surface area contributed by atoms with Crippen LogP contribution in [0.15, 0.2) is 89.9 Å². The maximum Gasteiger partial charge on any atom is 0.130 e. The highest BCUT2D eigenvalue weighted by atomic mass is 16.5. The van der Waals surface area contributed by atoms with E-state index in [4.69, 9.17) is 14.7 Å². The lowest BCUT2D eigenvalue weighted by Gasteiger charge is -2.31. The molecule has 1 fully saturated rings. The Balaban J connectivity index is 1.53. The largest absolute Gasteiger partial charge is 0.379 e. The number of fused-ring (bicyclic) bond motifs is 1. The highest BCUT2D eigenvalue weighted by molar-refractivity contribution is 6.12. The number of aliphatic imine (C=N–C) groups is 1. The summed E-state index contributed by atoms with van der Waals surface area (Å²) in [7, 11) is 0. The molecule has 3 aromatic carbocycles. The Bertz CT molecular complexity index is 1380. The number of nitrogens with one attached hydrogen (secondary N) is 1. The molecule has 0 aliphatic carbocycles. The van der Waals surface area contributed by atoms with Crippen molar-refractivity contribution in [1.29, 1.82) is 0 Å². The molecule has 4 aromatic rings. The summed E-state index contributed by atoms with van der Waals surface area (Å²) in [6, 6.07) is 29.8. The van der Waals surface area contributed by atoms with Crippen LogP contribution in [0.1, 0.15) is 30.0 Å². The molecule has 1 aromatic heterocycles. The van der Waals surface area contributed by atoms with E-state index in [-0.39, 0.29) is 5.54 Å². The van der Waals surface area contributed by atoms with Crippen LogP contribution in [0.4, 0.5) is 0 Å². The zero-order chi connectivity index (χ0) is 24.4. The van der Waals surface area contributed by atoms with Gasteiger partial charge in [0.05, 0.1) is 36.5 Å². The van der Waals surface area contributed by atoms with Crippen molar-refractivity contribution in [3.8, 4) is 11.3 Å². The number of pyridine rings is 1. The van der Waals surface area contributed by atoms with Crippen LogP contribution in [0.5, 0.6) is 0 Å². The van der Waals surface area contributed by atoms with Gasteiger partial charge >= 0.3 is 0 Å². The van der Waals surface area contributed by atoms with Gasteiger partial charge in [-0.25, -0.2) is 4.98 Å². The lowest BCUT2D eigenvalue weighted by molar-refractivity contribution is 0.0342. The standard InChI is InChI=1S/C31H32N4O/c1-2-31(24-13-7-4-8-14-24)22-32-30(34-31)28-25-15-9-10-16-27(25)33-29(23-11-5-3-6-12-23)26(28)21-35-17-19-36-20-18-35/h3-16H,2,17-22H2,1H3,(H,32,34). The van der Waals surface area contributed by atoms with E-state index in [1.54, 1.807) is 0 Å².